The lowest BCUT2D eigenvalue weighted by Gasteiger charge is -2.29. The van der Waals surface area contributed by atoms with Crippen molar-refractivity contribution in [1.82, 2.24) is 0 Å². The van der Waals surface area contributed by atoms with Gasteiger partial charge in [0.05, 0.1) is 0 Å². The van der Waals surface area contributed by atoms with Gasteiger partial charge in [0, 0.05) is 17.2 Å². The van der Waals surface area contributed by atoms with Crippen LogP contribution in [0.15, 0.2) is 18.2 Å². The average Bonchev–Trinajstić information content (AvgIpc) is 2.98. The molecule has 5 nitrogen and oxygen atoms in total. The van der Waals surface area contributed by atoms with Crippen molar-refractivity contribution in [3.8, 4) is 28.7 Å². The summed E-state index contributed by atoms with van der Waals surface area (Å²) >= 11 is 0. The van der Waals surface area contributed by atoms with E-state index in [1.807, 2.05) is 13.8 Å². The number of rotatable bonds is 1. The molecule has 2 N–H and O–H groups in total. The van der Waals surface area contributed by atoms with E-state index in [9.17, 15) is 10.2 Å². The first-order valence-corrected chi connectivity index (χ1v) is 7.66. The van der Waals surface area contributed by atoms with Crippen LogP contribution in [-0.4, -0.2) is 17.0 Å². The van der Waals surface area contributed by atoms with Gasteiger partial charge in [0.2, 0.25) is 6.79 Å². The Bertz CT molecular complexity index is 797. The third-order valence-electron chi connectivity index (χ3n) is 4.61. The first kappa shape index (κ1) is 14.1. The second-order valence-corrected chi connectivity index (χ2v) is 6.05. The number of hydrogen-bond acceptors (Lipinski definition) is 5. The topological polar surface area (TPSA) is 68.2 Å². The van der Waals surface area contributed by atoms with Gasteiger partial charge in [-0.2, -0.15) is 0 Å². The molecule has 1 atom stereocenters. The van der Waals surface area contributed by atoms with Gasteiger partial charge in [0.15, 0.2) is 11.5 Å². The highest BCUT2D eigenvalue weighted by Gasteiger charge is 2.29. The summed E-state index contributed by atoms with van der Waals surface area (Å²) in [6, 6.07) is 5.12. The van der Waals surface area contributed by atoms with Crippen LogP contribution in [0.3, 0.4) is 0 Å². The lowest BCUT2D eigenvalue weighted by Crippen LogP contribution is -2.17. The highest BCUT2D eigenvalue weighted by Crippen LogP contribution is 2.46. The Hall–Kier alpha value is -2.56. The van der Waals surface area contributed by atoms with Crippen molar-refractivity contribution in [3.63, 3.8) is 0 Å². The molecule has 2 aromatic carbocycles. The van der Waals surface area contributed by atoms with Gasteiger partial charge in [-0.15, -0.1) is 0 Å². The Morgan fingerprint density at radius 1 is 1.00 bits per heavy atom. The van der Waals surface area contributed by atoms with Gasteiger partial charge >= 0.3 is 0 Å². The molecule has 2 aliphatic rings. The molecule has 0 spiro atoms. The maximum absolute atomic E-state index is 10.3. The van der Waals surface area contributed by atoms with E-state index >= 15 is 0 Å². The second-order valence-electron chi connectivity index (χ2n) is 6.05. The molecule has 5 heteroatoms. The summed E-state index contributed by atoms with van der Waals surface area (Å²) in [6.45, 7) is 3.98. The van der Waals surface area contributed by atoms with Gasteiger partial charge in [-0.1, -0.05) is 0 Å². The third-order valence-corrected chi connectivity index (χ3v) is 4.61. The Balaban J connectivity index is 1.74. The van der Waals surface area contributed by atoms with Crippen molar-refractivity contribution >= 4 is 0 Å². The maximum atomic E-state index is 10.3. The molecule has 0 saturated carbocycles. The first-order valence-electron chi connectivity index (χ1n) is 7.66. The highest BCUT2D eigenvalue weighted by atomic mass is 16.7. The summed E-state index contributed by atoms with van der Waals surface area (Å²) in [4.78, 5) is 0. The number of phenolic OH excluding ortho intramolecular Hbond substituents is 2. The monoisotopic (exact) mass is 314 g/mol. The molecule has 0 fully saturated rings. The van der Waals surface area contributed by atoms with Crippen molar-refractivity contribution in [2.24, 2.45) is 0 Å². The number of aryl methyl sites for hydroxylation is 1. The number of aromatic hydroxyl groups is 2. The molecule has 120 valence electrons. The summed E-state index contributed by atoms with van der Waals surface area (Å²) in [5, 5.41) is 20.3. The van der Waals surface area contributed by atoms with E-state index in [1.165, 1.54) is 0 Å². The standard InChI is InChI=1S/C18H18O5/c1-9-5-13(19)10(2)18-11(9)3-4-15(23-18)12-6-16-17(7-14(12)20)22-8-21-16/h5-7,15,19-20H,3-4,8H2,1-2H3. The first-order chi connectivity index (χ1) is 11.0. The summed E-state index contributed by atoms with van der Waals surface area (Å²) in [6.07, 6.45) is 1.31. The van der Waals surface area contributed by atoms with Crippen LogP contribution < -0.4 is 14.2 Å². The lowest BCUT2D eigenvalue weighted by molar-refractivity contribution is 0.168. The van der Waals surface area contributed by atoms with E-state index < -0.39 is 0 Å². The minimum absolute atomic E-state index is 0.136. The van der Waals surface area contributed by atoms with Crippen LogP contribution in [0, 0.1) is 13.8 Å². The zero-order valence-corrected chi connectivity index (χ0v) is 13.0. The Morgan fingerprint density at radius 2 is 1.74 bits per heavy atom. The van der Waals surface area contributed by atoms with Crippen LogP contribution >= 0.6 is 0 Å². The average molecular weight is 314 g/mol. The summed E-state index contributed by atoms with van der Waals surface area (Å²) in [7, 11) is 0. The van der Waals surface area contributed by atoms with Crippen molar-refractivity contribution < 1.29 is 24.4 Å². The van der Waals surface area contributed by atoms with Crippen molar-refractivity contribution in [1.29, 1.82) is 0 Å². The molecular formula is C18H18O5. The van der Waals surface area contributed by atoms with Crippen molar-refractivity contribution in [2.75, 3.05) is 6.79 Å². The number of hydrogen-bond donors (Lipinski definition) is 2. The quantitative estimate of drug-likeness (QED) is 0.843. The summed E-state index contributed by atoms with van der Waals surface area (Å²) in [5.74, 6) is 2.26. The lowest BCUT2D eigenvalue weighted by atomic mass is 9.92. The number of fused-ring (bicyclic) bond motifs is 2. The summed E-state index contributed by atoms with van der Waals surface area (Å²) < 4.78 is 16.8. The maximum Gasteiger partial charge on any atom is 0.231 e. The Morgan fingerprint density at radius 3 is 2.52 bits per heavy atom. The normalized spacial score (nSPS) is 18.4. The van der Waals surface area contributed by atoms with Crippen molar-refractivity contribution in [3.05, 3.63) is 40.5 Å². The molecule has 4 rings (SSSR count). The fourth-order valence-electron chi connectivity index (χ4n) is 3.29. The second kappa shape index (κ2) is 4.98. The molecular weight excluding hydrogens is 296 g/mol. The van der Waals surface area contributed by atoms with Gasteiger partial charge in [0.25, 0.3) is 0 Å². The summed E-state index contributed by atoms with van der Waals surface area (Å²) in [5.41, 5.74) is 3.56. The van der Waals surface area contributed by atoms with Crippen LogP contribution in [0.1, 0.15) is 34.8 Å². The molecule has 2 heterocycles. The fraction of sp³-hybridized carbons (Fsp3) is 0.333. The fourth-order valence-corrected chi connectivity index (χ4v) is 3.29. The van der Waals surface area contributed by atoms with Gasteiger partial charge in [0.1, 0.15) is 23.4 Å². The predicted octanol–water partition coefficient (Wildman–Crippen LogP) is 3.51. The zero-order valence-electron chi connectivity index (χ0n) is 13.0. The molecule has 1 unspecified atom stereocenters. The number of ether oxygens (including phenoxy) is 3. The van der Waals surface area contributed by atoms with Gasteiger partial charge in [-0.25, -0.2) is 0 Å². The van der Waals surface area contributed by atoms with E-state index in [0.717, 1.165) is 35.3 Å². The largest absolute Gasteiger partial charge is 0.508 e. The highest BCUT2D eigenvalue weighted by molar-refractivity contribution is 5.56. The Labute approximate surface area is 134 Å². The van der Waals surface area contributed by atoms with Crippen molar-refractivity contribution in [2.45, 2.75) is 32.8 Å². The van der Waals surface area contributed by atoms with E-state index in [-0.39, 0.29) is 24.4 Å². The number of benzene rings is 2. The predicted molar refractivity (Wildman–Crippen MR) is 83.5 cm³/mol. The minimum atomic E-state index is -0.281. The van der Waals surface area contributed by atoms with Crippen LogP contribution in [0.5, 0.6) is 28.7 Å². The Kier molecular flexibility index (Phi) is 3.04. The van der Waals surface area contributed by atoms with E-state index in [0.29, 0.717) is 17.1 Å². The third kappa shape index (κ3) is 2.15. The molecule has 23 heavy (non-hydrogen) atoms. The van der Waals surface area contributed by atoms with Gasteiger partial charge < -0.3 is 24.4 Å². The molecule has 2 aliphatic heterocycles. The van der Waals surface area contributed by atoms with E-state index in [4.69, 9.17) is 14.2 Å². The van der Waals surface area contributed by atoms with Crippen LogP contribution in [0.4, 0.5) is 0 Å². The molecule has 0 bridgehead atoms. The van der Waals surface area contributed by atoms with Crippen LogP contribution in [-0.2, 0) is 6.42 Å². The molecule has 0 saturated heterocycles. The van der Waals surface area contributed by atoms with E-state index in [2.05, 4.69) is 0 Å². The molecule has 0 radical (unpaired) electrons. The molecule has 0 aliphatic carbocycles. The number of phenols is 2. The molecule has 2 aromatic rings. The van der Waals surface area contributed by atoms with Crippen LogP contribution in [0.2, 0.25) is 0 Å². The minimum Gasteiger partial charge on any atom is -0.508 e. The van der Waals surface area contributed by atoms with Crippen LogP contribution in [0.25, 0.3) is 0 Å². The smallest absolute Gasteiger partial charge is 0.231 e. The molecule has 0 aromatic heterocycles. The van der Waals surface area contributed by atoms with Gasteiger partial charge in [-0.05, 0) is 49.9 Å². The zero-order chi connectivity index (χ0) is 16.1. The molecule has 0 amide bonds. The SMILES string of the molecule is Cc1cc(O)c(C)c2c1CCC(c1cc3c(cc1O)OCO3)O2. The van der Waals surface area contributed by atoms with E-state index in [1.54, 1.807) is 18.2 Å². The van der Waals surface area contributed by atoms with Gasteiger partial charge in [-0.3, -0.25) is 0 Å².